The van der Waals surface area contributed by atoms with Crippen LogP contribution in [-0.2, 0) is 27.0 Å². The van der Waals surface area contributed by atoms with Gasteiger partial charge in [0.2, 0.25) is 6.29 Å². The lowest BCUT2D eigenvalue weighted by Crippen LogP contribution is -2.14. The average Bonchev–Trinajstić information content (AvgIpc) is 3.19. The summed E-state index contributed by atoms with van der Waals surface area (Å²) in [6.45, 7) is 6.96. The molecule has 0 bridgehead atoms. The van der Waals surface area contributed by atoms with Crippen LogP contribution in [0, 0.1) is 0 Å². The van der Waals surface area contributed by atoms with E-state index in [9.17, 15) is 0 Å². The van der Waals surface area contributed by atoms with Crippen LogP contribution in [0.15, 0.2) is 10.5 Å². The second kappa shape index (κ2) is 9.47. The molecule has 0 aliphatic heterocycles. The van der Waals surface area contributed by atoms with E-state index in [0.29, 0.717) is 19.0 Å². The number of rotatable bonds is 10. The third-order valence-corrected chi connectivity index (χ3v) is 5.44. The summed E-state index contributed by atoms with van der Waals surface area (Å²) in [6.07, 6.45) is -0.464. The summed E-state index contributed by atoms with van der Waals surface area (Å²) in [5.74, 6) is 1.40. The fraction of sp³-hybridized carbons (Fsp3) is 0.667. The summed E-state index contributed by atoms with van der Waals surface area (Å²) in [5.41, 5.74) is 1.01. The molecule has 0 aromatic carbocycles. The van der Waals surface area contributed by atoms with Crippen molar-refractivity contribution in [2.75, 3.05) is 20.3 Å². The van der Waals surface area contributed by atoms with Gasteiger partial charge in [0.15, 0.2) is 11.0 Å². The molecule has 2 rings (SSSR count). The topological polar surface area (TPSA) is 71.3 Å². The number of methoxy groups -OCH3 is 1. The molecule has 0 saturated heterocycles. The number of nitrogens with zero attached hydrogens (tertiary/aromatic N) is 4. The van der Waals surface area contributed by atoms with Crippen LogP contribution in [0.25, 0.3) is 0 Å². The maximum absolute atomic E-state index is 5.59. The maximum atomic E-state index is 5.59. The standard InChI is InChI=1S/C15H24N4O3S2/c1-6-21-14(22-7-2)12-17-18-15(19(12)4)24-9-11-8-23-13(16-11)10(3)20-5/h8,10,14H,6-7,9H2,1-5H3/t10-/m0/s1. The molecule has 0 unspecified atom stereocenters. The second-order valence-electron chi connectivity index (χ2n) is 4.99. The van der Waals surface area contributed by atoms with Crippen molar-refractivity contribution in [1.82, 2.24) is 19.7 Å². The minimum absolute atomic E-state index is 0.0216. The van der Waals surface area contributed by atoms with Crippen molar-refractivity contribution in [3.05, 3.63) is 21.9 Å². The highest BCUT2D eigenvalue weighted by Gasteiger charge is 2.20. The molecule has 0 aliphatic rings. The van der Waals surface area contributed by atoms with Crippen LogP contribution in [0.4, 0.5) is 0 Å². The highest BCUT2D eigenvalue weighted by atomic mass is 32.2. The molecule has 24 heavy (non-hydrogen) atoms. The molecule has 0 spiro atoms. The van der Waals surface area contributed by atoms with Gasteiger partial charge in [0, 0.05) is 38.5 Å². The molecule has 2 aromatic rings. The van der Waals surface area contributed by atoms with Crippen LogP contribution in [0.2, 0.25) is 0 Å². The summed E-state index contributed by atoms with van der Waals surface area (Å²) in [7, 11) is 3.61. The number of hydrogen-bond acceptors (Lipinski definition) is 8. The van der Waals surface area contributed by atoms with E-state index in [4.69, 9.17) is 14.2 Å². The van der Waals surface area contributed by atoms with E-state index in [2.05, 4.69) is 20.6 Å². The highest BCUT2D eigenvalue weighted by Crippen LogP contribution is 2.27. The Bertz CT molecular complexity index is 626. The van der Waals surface area contributed by atoms with Gasteiger partial charge >= 0.3 is 0 Å². The van der Waals surface area contributed by atoms with E-state index in [-0.39, 0.29) is 6.10 Å². The predicted octanol–water partition coefficient (Wildman–Crippen LogP) is 3.34. The molecule has 134 valence electrons. The molecule has 9 heteroatoms. The quantitative estimate of drug-likeness (QED) is 0.468. The van der Waals surface area contributed by atoms with Gasteiger partial charge in [-0.15, -0.1) is 21.5 Å². The zero-order chi connectivity index (χ0) is 17.5. The molecule has 2 heterocycles. The smallest absolute Gasteiger partial charge is 0.219 e. The second-order valence-corrected chi connectivity index (χ2v) is 6.82. The molecule has 1 atom stereocenters. The van der Waals surface area contributed by atoms with E-state index in [1.165, 1.54) is 0 Å². The van der Waals surface area contributed by atoms with E-state index >= 15 is 0 Å². The first-order chi connectivity index (χ1) is 11.6. The Labute approximate surface area is 150 Å². The Balaban J connectivity index is 2.02. The minimum atomic E-state index is -0.486. The molecule has 2 aromatic heterocycles. The number of hydrogen-bond donors (Lipinski definition) is 0. The average molecular weight is 373 g/mol. The Morgan fingerprint density at radius 3 is 2.58 bits per heavy atom. The van der Waals surface area contributed by atoms with Gasteiger partial charge in [0.25, 0.3) is 0 Å². The largest absolute Gasteiger partial charge is 0.375 e. The Morgan fingerprint density at radius 1 is 1.25 bits per heavy atom. The zero-order valence-electron chi connectivity index (χ0n) is 14.7. The SMILES string of the molecule is CCOC(OCC)c1nnc(SCc2csc([C@H](C)OC)n2)n1C. The van der Waals surface area contributed by atoms with Crippen molar-refractivity contribution in [3.8, 4) is 0 Å². The first-order valence-corrected chi connectivity index (χ1v) is 9.69. The van der Waals surface area contributed by atoms with Gasteiger partial charge in [-0.05, 0) is 20.8 Å². The first-order valence-electron chi connectivity index (χ1n) is 7.83. The predicted molar refractivity (Wildman–Crippen MR) is 94.1 cm³/mol. The molecule has 0 radical (unpaired) electrons. The van der Waals surface area contributed by atoms with Gasteiger partial charge < -0.3 is 18.8 Å². The molecule has 0 amide bonds. The lowest BCUT2D eigenvalue weighted by molar-refractivity contribution is -0.146. The summed E-state index contributed by atoms with van der Waals surface area (Å²) in [6, 6.07) is 0. The normalized spacial score (nSPS) is 12.9. The van der Waals surface area contributed by atoms with E-state index in [1.807, 2.05) is 32.4 Å². The van der Waals surface area contributed by atoms with Crippen LogP contribution in [0.5, 0.6) is 0 Å². The van der Waals surface area contributed by atoms with Crippen molar-refractivity contribution in [3.63, 3.8) is 0 Å². The fourth-order valence-electron chi connectivity index (χ4n) is 1.97. The van der Waals surface area contributed by atoms with Crippen molar-refractivity contribution in [2.45, 2.75) is 44.1 Å². The van der Waals surface area contributed by atoms with E-state index in [1.54, 1.807) is 30.2 Å². The Hall–Kier alpha value is -1.00. The number of thiazole rings is 1. The van der Waals surface area contributed by atoms with Crippen LogP contribution in [-0.4, -0.2) is 40.1 Å². The molecule has 0 aliphatic carbocycles. The number of ether oxygens (including phenoxy) is 3. The van der Waals surface area contributed by atoms with Crippen molar-refractivity contribution in [2.24, 2.45) is 7.05 Å². The Kier molecular flexibility index (Phi) is 7.63. The van der Waals surface area contributed by atoms with Crippen molar-refractivity contribution >= 4 is 23.1 Å². The molecule has 0 fully saturated rings. The third-order valence-electron chi connectivity index (χ3n) is 3.34. The molecular formula is C15H24N4O3S2. The van der Waals surface area contributed by atoms with E-state index in [0.717, 1.165) is 21.6 Å². The van der Waals surface area contributed by atoms with Gasteiger partial charge in [-0.3, -0.25) is 0 Å². The fourth-order valence-corrected chi connectivity index (χ4v) is 3.74. The lowest BCUT2D eigenvalue weighted by atomic mass is 10.4. The van der Waals surface area contributed by atoms with Crippen LogP contribution < -0.4 is 0 Å². The van der Waals surface area contributed by atoms with Gasteiger partial charge in [-0.2, -0.15) is 0 Å². The van der Waals surface area contributed by atoms with Crippen molar-refractivity contribution < 1.29 is 14.2 Å². The summed E-state index contributed by atoms with van der Waals surface area (Å²) in [4.78, 5) is 4.59. The minimum Gasteiger partial charge on any atom is -0.375 e. The van der Waals surface area contributed by atoms with Crippen LogP contribution >= 0.6 is 23.1 Å². The number of thioether (sulfide) groups is 1. The van der Waals surface area contributed by atoms with Crippen LogP contribution in [0.1, 0.15) is 49.7 Å². The molecule has 0 saturated carbocycles. The molecular weight excluding hydrogens is 348 g/mol. The highest BCUT2D eigenvalue weighted by molar-refractivity contribution is 7.98. The van der Waals surface area contributed by atoms with Crippen LogP contribution in [0.3, 0.4) is 0 Å². The molecule has 7 nitrogen and oxygen atoms in total. The summed E-state index contributed by atoms with van der Waals surface area (Å²) < 4.78 is 18.4. The third kappa shape index (κ3) is 4.76. The van der Waals surface area contributed by atoms with Gasteiger partial charge in [-0.25, -0.2) is 4.98 Å². The Morgan fingerprint density at radius 2 is 1.96 bits per heavy atom. The molecule has 0 N–H and O–H groups in total. The number of aromatic nitrogens is 4. The van der Waals surface area contributed by atoms with Gasteiger partial charge in [0.05, 0.1) is 5.69 Å². The first kappa shape index (κ1) is 19.3. The maximum Gasteiger partial charge on any atom is 0.219 e. The van der Waals surface area contributed by atoms with Gasteiger partial charge in [-0.1, -0.05) is 11.8 Å². The van der Waals surface area contributed by atoms with E-state index < -0.39 is 6.29 Å². The summed E-state index contributed by atoms with van der Waals surface area (Å²) in [5, 5.41) is 12.3. The zero-order valence-corrected chi connectivity index (χ0v) is 16.3. The summed E-state index contributed by atoms with van der Waals surface area (Å²) >= 11 is 3.20. The van der Waals surface area contributed by atoms with Gasteiger partial charge in [0.1, 0.15) is 11.1 Å². The van der Waals surface area contributed by atoms with Crippen molar-refractivity contribution in [1.29, 1.82) is 0 Å². The monoisotopic (exact) mass is 372 g/mol. The lowest BCUT2D eigenvalue weighted by Gasteiger charge is -2.15.